The molecule has 0 saturated carbocycles. The van der Waals surface area contributed by atoms with Crippen LogP contribution in [0.2, 0.25) is 0 Å². The predicted molar refractivity (Wildman–Crippen MR) is 105 cm³/mol. The fourth-order valence-corrected chi connectivity index (χ4v) is 3.43. The molecule has 2 aromatic rings. The van der Waals surface area contributed by atoms with E-state index in [1.54, 1.807) is 35.2 Å². The number of ether oxygens (including phenoxy) is 1. The highest BCUT2D eigenvalue weighted by Gasteiger charge is 2.35. The zero-order valence-corrected chi connectivity index (χ0v) is 16.3. The van der Waals surface area contributed by atoms with Gasteiger partial charge in [0.15, 0.2) is 12.4 Å². The highest BCUT2D eigenvalue weighted by atomic mass is 19.4. The van der Waals surface area contributed by atoms with Gasteiger partial charge in [0.1, 0.15) is 5.69 Å². The summed E-state index contributed by atoms with van der Waals surface area (Å²) >= 11 is 0. The number of benzene rings is 2. The number of nitro groups is 1. The monoisotopic (exact) mass is 436 g/mol. The number of hydrogen-bond donors (Lipinski definition) is 0. The van der Waals surface area contributed by atoms with Crippen LogP contribution in [-0.2, 0) is 15.7 Å². The van der Waals surface area contributed by atoms with Crippen molar-refractivity contribution >= 4 is 23.1 Å². The lowest BCUT2D eigenvalue weighted by atomic mass is 9.96. The SMILES string of the molecule is O=C(COC(=O)C1CCN(c2ccc(C(F)(F)F)cc2[N+](=O)[O-])CC1)c1ccccc1. The first-order chi connectivity index (χ1) is 14.7. The lowest BCUT2D eigenvalue weighted by Crippen LogP contribution is -2.37. The van der Waals surface area contributed by atoms with Gasteiger partial charge in [-0.3, -0.25) is 19.7 Å². The van der Waals surface area contributed by atoms with Gasteiger partial charge in [-0.2, -0.15) is 13.2 Å². The van der Waals surface area contributed by atoms with Crippen molar-refractivity contribution in [2.24, 2.45) is 5.92 Å². The smallest absolute Gasteiger partial charge is 0.416 e. The normalized spacial score (nSPS) is 14.9. The van der Waals surface area contributed by atoms with Gasteiger partial charge in [0.05, 0.1) is 16.4 Å². The number of nitro benzene ring substituents is 1. The molecule has 0 spiro atoms. The molecule has 0 N–H and O–H groups in total. The number of anilines is 1. The molecule has 164 valence electrons. The Morgan fingerprint density at radius 3 is 2.32 bits per heavy atom. The van der Waals surface area contributed by atoms with E-state index in [0.717, 1.165) is 12.1 Å². The van der Waals surface area contributed by atoms with Crippen molar-refractivity contribution in [1.82, 2.24) is 0 Å². The third-order valence-electron chi connectivity index (χ3n) is 5.11. The average Bonchev–Trinajstić information content (AvgIpc) is 2.77. The third-order valence-corrected chi connectivity index (χ3v) is 5.11. The number of piperidine rings is 1. The average molecular weight is 436 g/mol. The number of esters is 1. The summed E-state index contributed by atoms with van der Waals surface area (Å²) < 4.78 is 43.7. The van der Waals surface area contributed by atoms with Crippen molar-refractivity contribution in [1.29, 1.82) is 0 Å². The maximum atomic E-state index is 12.9. The van der Waals surface area contributed by atoms with Gasteiger partial charge in [0.2, 0.25) is 0 Å². The Labute approximate surface area is 175 Å². The Kier molecular flexibility index (Phi) is 6.57. The van der Waals surface area contributed by atoms with Gasteiger partial charge in [0, 0.05) is 24.7 Å². The zero-order chi connectivity index (χ0) is 22.6. The lowest BCUT2D eigenvalue weighted by Gasteiger charge is -2.32. The summed E-state index contributed by atoms with van der Waals surface area (Å²) in [4.78, 5) is 36.3. The second-order valence-corrected chi connectivity index (χ2v) is 7.12. The second-order valence-electron chi connectivity index (χ2n) is 7.12. The van der Waals surface area contributed by atoms with E-state index in [1.165, 1.54) is 0 Å². The van der Waals surface area contributed by atoms with Crippen LogP contribution in [0.25, 0.3) is 0 Å². The lowest BCUT2D eigenvalue weighted by molar-refractivity contribution is -0.384. The first kappa shape index (κ1) is 22.3. The number of carbonyl (C=O) groups is 2. The maximum Gasteiger partial charge on any atom is 0.416 e. The number of ketones is 1. The minimum atomic E-state index is -4.68. The molecule has 1 fully saturated rings. The van der Waals surface area contributed by atoms with E-state index in [9.17, 15) is 32.9 Å². The van der Waals surface area contributed by atoms with Gasteiger partial charge in [-0.15, -0.1) is 0 Å². The summed E-state index contributed by atoms with van der Waals surface area (Å²) in [6.45, 7) is 0.0879. The van der Waals surface area contributed by atoms with Crippen molar-refractivity contribution in [2.75, 3.05) is 24.6 Å². The second kappa shape index (κ2) is 9.15. The van der Waals surface area contributed by atoms with Crippen LogP contribution in [0.1, 0.15) is 28.8 Å². The molecule has 7 nitrogen and oxygen atoms in total. The number of halogens is 3. The van der Waals surface area contributed by atoms with Crippen LogP contribution < -0.4 is 4.90 Å². The molecule has 31 heavy (non-hydrogen) atoms. The van der Waals surface area contributed by atoms with Crippen molar-refractivity contribution < 1.29 is 32.4 Å². The summed E-state index contributed by atoms with van der Waals surface area (Å²) in [5, 5.41) is 11.3. The van der Waals surface area contributed by atoms with Crippen LogP contribution >= 0.6 is 0 Å². The quantitative estimate of drug-likeness (QED) is 0.291. The van der Waals surface area contributed by atoms with E-state index in [-0.39, 0.29) is 31.2 Å². The van der Waals surface area contributed by atoms with Crippen LogP contribution in [0.5, 0.6) is 0 Å². The summed E-state index contributed by atoms with van der Waals surface area (Å²) in [7, 11) is 0. The minimum Gasteiger partial charge on any atom is -0.457 e. The number of nitrogens with zero attached hydrogens (tertiary/aromatic N) is 2. The molecule has 1 aliphatic heterocycles. The molecule has 1 heterocycles. The van der Waals surface area contributed by atoms with E-state index >= 15 is 0 Å². The van der Waals surface area contributed by atoms with Crippen molar-refractivity contribution in [3.63, 3.8) is 0 Å². The van der Waals surface area contributed by atoms with Gasteiger partial charge in [-0.05, 0) is 25.0 Å². The van der Waals surface area contributed by atoms with Gasteiger partial charge < -0.3 is 9.64 Å². The zero-order valence-electron chi connectivity index (χ0n) is 16.3. The van der Waals surface area contributed by atoms with E-state index in [0.29, 0.717) is 24.5 Å². The van der Waals surface area contributed by atoms with Crippen LogP contribution in [0.15, 0.2) is 48.5 Å². The number of carbonyl (C=O) groups excluding carboxylic acids is 2. The summed E-state index contributed by atoms with van der Waals surface area (Å²) in [6, 6.07) is 10.8. The molecule has 2 aromatic carbocycles. The van der Waals surface area contributed by atoms with Crippen LogP contribution in [0.3, 0.4) is 0 Å². The van der Waals surface area contributed by atoms with E-state index in [4.69, 9.17) is 4.74 Å². The minimum absolute atomic E-state index is 0.0732. The molecule has 1 aliphatic rings. The Balaban J connectivity index is 1.59. The number of hydrogen-bond acceptors (Lipinski definition) is 6. The Morgan fingerprint density at radius 1 is 1.10 bits per heavy atom. The number of rotatable bonds is 6. The molecule has 10 heteroatoms. The number of alkyl halides is 3. The molecule has 0 amide bonds. The maximum absolute atomic E-state index is 12.9. The van der Waals surface area contributed by atoms with Crippen LogP contribution in [0, 0.1) is 16.0 Å². The van der Waals surface area contributed by atoms with Gasteiger partial charge in [-0.1, -0.05) is 30.3 Å². The first-order valence-electron chi connectivity index (χ1n) is 9.52. The highest BCUT2D eigenvalue weighted by Crippen LogP contribution is 2.37. The highest BCUT2D eigenvalue weighted by molar-refractivity contribution is 5.97. The fourth-order valence-electron chi connectivity index (χ4n) is 3.43. The van der Waals surface area contributed by atoms with Gasteiger partial charge in [-0.25, -0.2) is 0 Å². The molecule has 3 rings (SSSR count). The topological polar surface area (TPSA) is 89.8 Å². The molecule has 0 aromatic heterocycles. The van der Waals surface area contributed by atoms with Crippen molar-refractivity contribution in [3.05, 3.63) is 69.8 Å². The standard InChI is InChI=1S/C21H19F3N2O5/c22-21(23,24)16-6-7-17(18(12-16)26(29)30)25-10-8-15(9-11-25)20(28)31-13-19(27)14-4-2-1-3-5-14/h1-7,12,15H,8-11,13H2. The summed E-state index contributed by atoms with van der Waals surface area (Å²) in [5.74, 6) is -1.36. The number of Topliss-reactive ketones (excluding diaryl/α,β-unsaturated/α-hetero) is 1. The predicted octanol–water partition coefficient (Wildman–Crippen LogP) is 4.26. The molecule has 0 unspecified atom stereocenters. The van der Waals surface area contributed by atoms with E-state index in [1.807, 2.05) is 0 Å². The fraction of sp³-hybridized carbons (Fsp3) is 0.333. The van der Waals surface area contributed by atoms with Gasteiger partial charge in [0.25, 0.3) is 5.69 Å². The van der Waals surface area contributed by atoms with E-state index < -0.39 is 34.2 Å². The first-order valence-corrected chi connectivity index (χ1v) is 9.52. The molecular formula is C21H19F3N2O5. The Morgan fingerprint density at radius 2 is 1.74 bits per heavy atom. The molecular weight excluding hydrogens is 417 g/mol. The van der Waals surface area contributed by atoms with Crippen molar-refractivity contribution in [3.8, 4) is 0 Å². The molecule has 1 saturated heterocycles. The van der Waals surface area contributed by atoms with Gasteiger partial charge >= 0.3 is 12.1 Å². The molecule has 0 bridgehead atoms. The van der Waals surface area contributed by atoms with Crippen LogP contribution in [-0.4, -0.2) is 36.4 Å². The largest absolute Gasteiger partial charge is 0.457 e. The Bertz CT molecular complexity index is 971. The molecule has 0 atom stereocenters. The van der Waals surface area contributed by atoms with E-state index in [2.05, 4.69) is 0 Å². The van der Waals surface area contributed by atoms with Crippen LogP contribution in [0.4, 0.5) is 24.5 Å². The molecule has 0 aliphatic carbocycles. The third kappa shape index (κ3) is 5.39. The molecule has 0 radical (unpaired) electrons. The van der Waals surface area contributed by atoms with Crippen molar-refractivity contribution in [2.45, 2.75) is 19.0 Å². The summed E-state index contributed by atoms with van der Waals surface area (Å²) in [5.41, 5.74) is -1.22. The Hall–Kier alpha value is -3.43. The summed E-state index contributed by atoms with van der Waals surface area (Å²) in [6.07, 6.45) is -4.08.